The van der Waals surface area contributed by atoms with Crippen molar-refractivity contribution < 1.29 is 23.9 Å². The molecule has 0 aliphatic carbocycles. The summed E-state index contributed by atoms with van der Waals surface area (Å²) in [7, 11) is 0. The summed E-state index contributed by atoms with van der Waals surface area (Å²) in [6.07, 6.45) is -1.49. The van der Waals surface area contributed by atoms with Crippen LogP contribution in [0.3, 0.4) is 0 Å². The lowest BCUT2D eigenvalue weighted by Crippen LogP contribution is -2.41. The van der Waals surface area contributed by atoms with Gasteiger partial charge in [-0.3, -0.25) is 14.9 Å². The molecular weight excluding hydrogens is 376 g/mol. The van der Waals surface area contributed by atoms with Crippen molar-refractivity contribution in [1.29, 1.82) is 5.26 Å². The van der Waals surface area contributed by atoms with Crippen LogP contribution in [0.5, 0.6) is 0 Å². The molecule has 4 amide bonds. The maximum Gasteiger partial charge on any atom is 0.338 e. The first kappa shape index (κ1) is 21.1. The summed E-state index contributed by atoms with van der Waals surface area (Å²) in [4.78, 5) is 47.3. The number of nitriles is 1. The van der Waals surface area contributed by atoms with Crippen molar-refractivity contribution in [3.63, 3.8) is 0 Å². The third-order valence-electron chi connectivity index (χ3n) is 3.57. The number of esters is 1. The highest BCUT2D eigenvalue weighted by atomic mass is 16.5. The Balaban J connectivity index is 1.85. The molecule has 0 aliphatic heterocycles. The molecule has 3 N–H and O–H groups in total. The first-order valence-corrected chi connectivity index (χ1v) is 8.54. The maximum atomic E-state index is 12.1. The molecule has 2 rings (SSSR count). The van der Waals surface area contributed by atoms with Gasteiger partial charge in [-0.15, -0.1) is 0 Å². The van der Waals surface area contributed by atoms with Gasteiger partial charge in [0.05, 0.1) is 11.6 Å². The fourth-order valence-corrected chi connectivity index (χ4v) is 2.15. The maximum absolute atomic E-state index is 12.1. The van der Waals surface area contributed by atoms with E-state index in [1.807, 2.05) is 0 Å². The molecule has 0 saturated heterocycles. The lowest BCUT2D eigenvalue weighted by molar-refractivity contribution is -0.127. The Bertz CT molecular complexity index is 936. The number of ether oxygens (including phenoxy) is 1. The van der Waals surface area contributed by atoms with Crippen LogP contribution < -0.4 is 16.0 Å². The largest absolute Gasteiger partial charge is 0.449 e. The van der Waals surface area contributed by atoms with Crippen LogP contribution in [0.2, 0.25) is 0 Å². The van der Waals surface area contributed by atoms with Crippen LogP contribution in [0.1, 0.15) is 23.7 Å². The highest BCUT2D eigenvalue weighted by Crippen LogP contribution is 2.12. The highest BCUT2D eigenvalue weighted by Gasteiger charge is 2.21. The summed E-state index contributed by atoms with van der Waals surface area (Å²) in [5.41, 5.74) is 1.06. The van der Waals surface area contributed by atoms with Crippen LogP contribution in [0.15, 0.2) is 54.6 Å². The number of hydrogen-bond acceptors (Lipinski definition) is 6. The zero-order valence-electron chi connectivity index (χ0n) is 15.5. The van der Waals surface area contributed by atoms with Crippen molar-refractivity contribution in [2.24, 2.45) is 0 Å². The smallest absolute Gasteiger partial charge is 0.338 e. The Morgan fingerprint density at radius 1 is 0.966 bits per heavy atom. The van der Waals surface area contributed by atoms with Gasteiger partial charge < -0.3 is 15.4 Å². The Morgan fingerprint density at radius 2 is 1.59 bits per heavy atom. The summed E-state index contributed by atoms with van der Waals surface area (Å²) in [6.45, 7) is 1.33. The molecule has 148 valence electrons. The van der Waals surface area contributed by atoms with Gasteiger partial charge in [0.1, 0.15) is 6.42 Å². The van der Waals surface area contributed by atoms with E-state index in [9.17, 15) is 19.2 Å². The van der Waals surface area contributed by atoms with Gasteiger partial charge in [-0.25, -0.2) is 9.59 Å². The summed E-state index contributed by atoms with van der Waals surface area (Å²) in [5.74, 6) is -2.03. The van der Waals surface area contributed by atoms with E-state index in [-0.39, 0.29) is 12.0 Å². The second kappa shape index (κ2) is 10.2. The molecule has 0 fully saturated rings. The molecule has 1 unspecified atom stereocenters. The van der Waals surface area contributed by atoms with Gasteiger partial charge in [0.15, 0.2) is 6.10 Å². The molecule has 9 heteroatoms. The third-order valence-corrected chi connectivity index (χ3v) is 3.57. The highest BCUT2D eigenvalue weighted by molar-refractivity contribution is 6.03. The number of urea groups is 1. The Kier molecular flexibility index (Phi) is 7.44. The standard InChI is InChI=1S/C20H18N4O5/c1-13(18(26)24-20(28)23-15-5-3-2-4-6-15)29-19(27)14-7-9-16(10-8-14)22-17(25)11-12-21/h2-10,13H,11H2,1H3,(H,22,25)(H2,23,24,26,28). The monoisotopic (exact) mass is 394 g/mol. The number of benzene rings is 2. The fraction of sp³-hybridized carbons (Fsp3) is 0.150. The quantitative estimate of drug-likeness (QED) is 0.644. The second-order valence-electron chi connectivity index (χ2n) is 5.82. The molecule has 0 bridgehead atoms. The van der Waals surface area contributed by atoms with Crippen molar-refractivity contribution in [3.05, 3.63) is 60.2 Å². The van der Waals surface area contributed by atoms with E-state index in [1.165, 1.54) is 31.2 Å². The van der Waals surface area contributed by atoms with Crippen LogP contribution in [0.4, 0.5) is 16.2 Å². The van der Waals surface area contributed by atoms with Crippen molar-refractivity contribution in [2.75, 3.05) is 10.6 Å². The zero-order valence-corrected chi connectivity index (χ0v) is 15.5. The zero-order chi connectivity index (χ0) is 21.2. The summed E-state index contributed by atoms with van der Waals surface area (Å²) >= 11 is 0. The first-order chi connectivity index (χ1) is 13.9. The number of imide groups is 1. The number of carbonyl (C=O) groups is 4. The number of anilines is 2. The average Bonchev–Trinajstić information content (AvgIpc) is 2.69. The SMILES string of the molecule is CC(OC(=O)c1ccc(NC(=O)CC#N)cc1)C(=O)NC(=O)Nc1ccccc1. The van der Waals surface area contributed by atoms with Gasteiger partial charge in [0, 0.05) is 11.4 Å². The molecule has 0 aromatic heterocycles. The molecule has 2 aromatic rings. The van der Waals surface area contributed by atoms with E-state index in [4.69, 9.17) is 10.00 Å². The molecule has 0 saturated carbocycles. The van der Waals surface area contributed by atoms with Crippen LogP contribution in [-0.2, 0) is 14.3 Å². The number of para-hydroxylation sites is 1. The number of rotatable bonds is 6. The predicted molar refractivity (Wildman–Crippen MR) is 104 cm³/mol. The Labute approximate surface area is 166 Å². The molecule has 0 spiro atoms. The van der Waals surface area contributed by atoms with E-state index >= 15 is 0 Å². The van der Waals surface area contributed by atoms with E-state index < -0.39 is 29.9 Å². The lowest BCUT2D eigenvalue weighted by Gasteiger charge is -2.13. The van der Waals surface area contributed by atoms with Gasteiger partial charge in [-0.05, 0) is 43.3 Å². The summed E-state index contributed by atoms with van der Waals surface area (Å²) in [6, 6.07) is 15.2. The second-order valence-corrected chi connectivity index (χ2v) is 5.82. The minimum atomic E-state index is -1.21. The fourth-order valence-electron chi connectivity index (χ4n) is 2.15. The van der Waals surface area contributed by atoms with Gasteiger partial charge in [-0.1, -0.05) is 18.2 Å². The van der Waals surface area contributed by atoms with Crippen molar-refractivity contribution in [2.45, 2.75) is 19.4 Å². The van der Waals surface area contributed by atoms with Crippen molar-refractivity contribution in [3.8, 4) is 6.07 Å². The lowest BCUT2D eigenvalue weighted by atomic mass is 10.2. The topological polar surface area (TPSA) is 137 Å². The molecular formula is C20H18N4O5. The van der Waals surface area contributed by atoms with E-state index in [2.05, 4.69) is 16.0 Å². The molecule has 0 aliphatic rings. The Morgan fingerprint density at radius 3 is 2.21 bits per heavy atom. The molecule has 9 nitrogen and oxygen atoms in total. The number of amides is 4. The van der Waals surface area contributed by atoms with Crippen molar-refractivity contribution >= 4 is 35.2 Å². The summed E-state index contributed by atoms with van der Waals surface area (Å²) in [5, 5.41) is 15.5. The average molecular weight is 394 g/mol. The third kappa shape index (κ3) is 6.80. The van der Waals surface area contributed by atoms with Gasteiger partial charge in [0.2, 0.25) is 5.91 Å². The predicted octanol–water partition coefficient (Wildman–Crippen LogP) is 2.43. The van der Waals surface area contributed by atoms with Gasteiger partial charge >= 0.3 is 12.0 Å². The number of carbonyl (C=O) groups excluding carboxylic acids is 4. The van der Waals surface area contributed by atoms with Gasteiger partial charge in [0.25, 0.3) is 5.91 Å². The summed E-state index contributed by atoms with van der Waals surface area (Å²) < 4.78 is 5.05. The van der Waals surface area contributed by atoms with Crippen LogP contribution >= 0.6 is 0 Å². The first-order valence-electron chi connectivity index (χ1n) is 8.54. The molecule has 1 atom stereocenters. The molecule has 0 heterocycles. The van der Waals surface area contributed by atoms with Crippen molar-refractivity contribution in [1.82, 2.24) is 5.32 Å². The van der Waals surface area contributed by atoms with E-state index in [1.54, 1.807) is 36.4 Å². The van der Waals surface area contributed by atoms with E-state index in [0.717, 1.165) is 0 Å². The van der Waals surface area contributed by atoms with Crippen LogP contribution in [0.25, 0.3) is 0 Å². The van der Waals surface area contributed by atoms with E-state index in [0.29, 0.717) is 11.4 Å². The molecule has 29 heavy (non-hydrogen) atoms. The number of nitrogens with one attached hydrogen (secondary N) is 3. The van der Waals surface area contributed by atoms with Crippen LogP contribution in [0, 0.1) is 11.3 Å². The number of nitrogens with zero attached hydrogens (tertiary/aromatic N) is 1. The van der Waals surface area contributed by atoms with Crippen LogP contribution in [-0.4, -0.2) is 29.9 Å². The molecule has 0 radical (unpaired) electrons. The number of hydrogen-bond donors (Lipinski definition) is 3. The minimum Gasteiger partial charge on any atom is -0.449 e. The normalized spacial score (nSPS) is 10.8. The molecule has 2 aromatic carbocycles. The van der Waals surface area contributed by atoms with Gasteiger partial charge in [-0.2, -0.15) is 5.26 Å². The Hall–Kier alpha value is -4.19. The minimum absolute atomic E-state index is 0.150.